The molecule has 0 bridgehead atoms. The Bertz CT molecular complexity index is 2430. The molecule has 3 atom stereocenters. The van der Waals surface area contributed by atoms with Gasteiger partial charge >= 0.3 is 0 Å². The SMILES string of the molecule is Nc1ncnc2c1c(-c1ccc(Oc3ccccc3)cc1)nn2[C@@H]1CCN(C2CN(C3CN(c4ccc5c(c4)C(=O)N([C@@H]4CCC(=O)NC4=O)C5=O)C3)C2)C[C@@H]1F. The van der Waals surface area contributed by atoms with Crippen LogP contribution in [0.2, 0.25) is 0 Å². The molecular formula is C41H39FN10O5. The minimum atomic E-state index is -1.17. The molecule has 4 fully saturated rings. The zero-order valence-corrected chi connectivity index (χ0v) is 30.8. The Morgan fingerprint density at radius 3 is 2.28 bits per heavy atom. The first-order valence-electron chi connectivity index (χ1n) is 19.2. The van der Waals surface area contributed by atoms with Gasteiger partial charge in [0.05, 0.1) is 22.6 Å². The minimum absolute atomic E-state index is 0.0763. The van der Waals surface area contributed by atoms with Crippen LogP contribution in [-0.2, 0) is 9.59 Å². The second-order valence-electron chi connectivity index (χ2n) is 15.4. The van der Waals surface area contributed by atoms with Crippen LogP contribution in [0.4, 0.5) is 15.9 Å². The average molecular weight is 771 g/mol. The van der Waals surface area contributed by atoms with Gasteiger partial charge in [0.1, 0.15) is 41.6 Å². The molecule has 3 aromatic carbocycles. The largest absolute Gasteiger partial charge is 0.457 e. The number of rotatable bonds is 8. The average Bonchev–Trinajstić information content (AvgIpc) is 3.68. The number of hydrogen-bond acceptors (Lipinski definition) is 12. The fourth-order valence-corrected chi connectivity index (χ4v) is 8.83. The van der Waals surface area contributed by atoms with E-state index in [9.17, 15) is 19.2 Å². The molecule has 5 aliphatic rings. The molecule has 0 saturated carbocycles. The summed E-state index contributed by atoms with van der Waals surface area (Å²) in [6.45, 7) is 4.23. The summed E-state index contributed by atoms with van der Waals surface area (Å²) in [5.41, 5.74) is 9.66. The topological polar surface area (TPSA) is 172 Å². The Labute approximate surface area is 326 Å². The molecule has 7 heterocycles. The molecule has 0 aliphatic carbocycles. The van der Waals surface area contributed by atoms with E-state index >= 15 is 4.39 Å². The van der Waals surface area contributed by atoms with Crippen LogP contribution in [0.1, 0.15) is 46.0 Å². The number of nitrogens with two attached hydrogens (primary N) is 1. The number of imide groups is 2. The van der Waals surface area contributed by atoms with E-state index in [2.05, 4.69) is 30.0 Å². The van der Waals surface area contributed by atoms with Gasteiger partial charge in [-0.05, 0) is 67.4 Å². The van der Waals surface area contributed by atoms with Gasteiger partial charge in [-0.1, -0.05) is 18.2 Å². The molecule has 0 spiro atoms. The number of aromatic nitrogens is 4. The maximum atomic E-state index is 16.2. The molecule has 16 heteroatoms. The molecule has 290 valence electrons. The van der Waals surface area contributed by atoms with Crippen molar-refractivity contribution in [2.75, 3.05) is 49.9 Å². The Kier molecular flexibility index (Phi) is 8.48. The first-order chi connectivity index (χ1) is 27.7. The molecule has 10 rings (SSSR count). The summed E-state index contributed by atoms with van der Waals surface area (Å²) in [4.78, 5) is 67.0. The Morgan fingerprint density at radius 2 is 1.53 bits per heavy atom. The van der Waals surface area contributed by atoms with E-state index in [4.69, 9.17) is 15.6 Å². The number of amides is 4. The number of ether oxygens (including phenoxy) is 1. The quantitative estimate of drug-likeness (QED) is 0.221. The number of carbonyl (C=O) groups is 4. The van der Waals surface area contributed by atoms with Crippen LogP contribution in [0.15, 0.2) is 79.1 Å². The minimum Gasteiger partial charge on any atom is -0.457 e. The highest BCUT2D eigenvalue weighted by Gasteiger charge is 2.47. The highest BCUT2D eigenvalue weighted by Crippen LogP contribution is 2.38. The van der Waals surface area contributed by atoms with Gasteiger partial charge in [0, 0.05) is 69.0 Å². The Hall–Kier alpha value is -6.26. The Morgan fingerprint density at radius 1 is 0.789 bits per heavy atom. The van der Waals surface area contributed by atoms with Gasteiger partial charge < -0.3 is 15.4 Å². The second-order valence-corrected chi connectivity index (χ2v) is 15.4. The monoisotopic (exact) mass is 770 g/mol. The third kappa shape index (κ3) is 6.06. The molecule has 2 aromatic heterocycles. The summed E-state index contributed by atoms with van der Waals surface area (Å²) in [7, 11) is 0. The van der Waals surface area contributed by atoms with Crippen molar-refractivity contribution in [3.05, 3.63) is 90.3 Å². The van der Waals surface area contributed by atoms with Crippen LogP contribution < -0.4 is 20.7 Å². The fourth-order valence-electron chi connectivity index (χ4n) is 8.83. The van der Waals surface area contributed by atoms with Gasteiger partial charge in [0.25, 0.3) is 11.8 Å². The molecule has 0 radical (unpaired) electrons. The molecule has 15 nitrogen and oxygen atoms in total. The number of carbonyl (C=O) groups excluding carboxylic acids is 4. The molecule has 0 unspecified atom stereocenters. The van der Waals surface area contributed by atoms with Crippen molar-refractivity contribution in [2.24, 2.45) is 0 Å². The second kappa shape index (κ2) is 13.7. The number of likely N-dealkylation sites (tertiary alicyclic amines) is 2. The summed E-state index contributed by atoms with van der Waals surface area (Å²) >= 11 is 0. The normalized spacial score (nSPS) is 23.4. The highest BCUT2D eigenvalue weighted by atomic mass is 19.1. The molecule has 5 aliphatic heterocycles. The molecule has 5 aromatic rings. The lowest BCUT2D eigenvalue weighted by molar-refractivity contribution is -0.136. The standard InChI is InChI=1S/C41H39FN10O5/c42-31-21-48(15-14-32(31)52-38-35(37(43)44-22-45-38)36(47-52)23-6-9-28(10-7-23)57-27-4-2-1-3-5-27)25-17-50(18-25)26-19-49(20-26)24-8-11-29-30(16-24)41(56)51(40(29)55)33-12-13-34(53)46-39(33)54/h1-11,16,22,25-26,31-33H,12-15,17-21H2,(H2,43,44,45)(H,46,53,54)/t31-,32+,33+/m0/s1. The number of para-hydroxylation sites is 1. The van der Waals surface area contributed by atoms with Gasteiger partial charge in [-0.25, -0.2) is 19.0 Å². The molecule has 57 heavy (non-hydrogen) atoms. The van der Waals surface area contributed by atoms with Crippen molar-refractivity contribution in [3.63, 3.8) is 0 Å². The van der Waals surface area contributed by atoms with Gasteiger partial charge in [-0.15, -0.1) is 0 Å². The summed E-state index contributed by atoms with van der Waals surface area (Å²) in [6, 6.07) is 21.4. The number of nitrogens with one attached hydrogen (secondary N) is 1. The van der Waals surface area contributed by atoms with Crippen LogP contribution in [0.5, 0.6) is 11.5 Å². The van der Waals surface area contributed by atoms with E-state index < -0.39 is 41.9 Å². The molecule has 3 N–H and O–H groups in total. The number of nitrogen functional groups attached to an aromatic ring is 1. The summed E-state index contributed by atoms with van der Waals surface area (Å²) in [5.74, 6) is -0.353. The van der Waals surface area contributed by atoms with Crippen LogP contribution in [-0.4, -0.2) is 122 Å². The van der Waals surface area contributed by atoms with Crippen molar-refractivity contribution in [1.29, 1.82) is 0 Å². The van der Waals surface area contributed by atoms with Crippen molar-refractivity contribution in [2.45, 2.75) is 49.6 Å². The third-order valence-corrected chi connectivity index (χ3v) is 12.1. The number of fused-ring (bicyclic) bond motifs is 2. The molecule has 4 amide bonds. The zero-order chi connectivity index (χ0) is 38.9. The van der Waals surface area contributed by atoms with Crippen LogP contribution in [0.3, 0.4) is 0 Å². The predicted octanol–water partition coefficient (Wildman–Crippen LogP) is 3.43. The lowest BCUT2D eigenvalue weighted by Gasteiger charge is -2.55. The lowest BCUT2D eigenvalue weighted by Crippen LogP contribution is -2.70. The Balaban J connectivity index is 0.753. The van der Waals surface area contributed by atoms with Gasteiger partial charge in [0.15, 0.2) is 5.65 Å². The predicted molar refractivity (Wildman–Crippen MR) is 206 cm³/mol. The number of hydrogen-bond donors (Lipinski definition) is 2. The lowest BCUT2D eigenvalue weighted by atomic mass is 9.94. The van der Waals surface area contributed by atoms with Crippen molar-refractivity contribution >= 4 is 46.2 Å². The number of halogens is 1. The van der Waals surface area contributed by atoms with E-state index in [1.165, 1.54) is 6.33 Å². The number of nitrogens with zero attached hydrogens (tertiary/aromatic N) is 8. The van der Waals surface area contributed by atoms with Crippen molar-refractivity contribution in [1.82, 2.24) is 39.8 Å². The number of benzene rings is 3. The van der Waals surface area contributed by atoms with E-state index in [-0.39, 0.29) is 30.0 Å². The summed E-state index contributed by atoms with van der Waals surface area (Å²) in [6.07, 6.45) is 0.993. The van der Waals surface area contributed by atoms with E-state index in [1.54, 1.807) is 16.8 Å². The van der Waals surface area contributed by atoms with Gasteiger partial charge in [-0.2, -0.15) is 5.10 Å². The first-order valence-corrected chi connectivity index (χ1v) is 19.2. The van der Waals surface area contributed by atoms with Crippen LogP contribution in [0, 0.1) is 0 Å². The fraction of sp³-hybridized carbons (Fsp3) is 0.341. The smallest absolute Gasteiger partial charge is 0.262 e. The summed E-state index contributed by atoms with van der Waals surface area (Å²) in [5, 5.41) is 7.74. The number of anilines is 2. The van der Waals surface area contributed by atoms with Gasteiger partial charge in [-0.3, -0.25) is 39.2 Å². The number of alkyl halides is 1. The summed E-state index contributed by atoms with van der Waals surface area (Å²) < 4.78 is 23.9. The molecular weight excluding hydrogens is 732 g/mol. The van der Waals surface area contributed by atoms with Crippen molar-refractivity contribution < 1.29 is 28.3 Å². The highest BCUT2D eigenvalue weighted by molar-refractivity contribution is 6.23. The molecule has 4 saturated heterocycles. The van der Waals surface area contributed by atoms with E-state index in [0.29, 0.717) is 47.3 Å². The van der Waals surface area contributed by atoms with E-state index in [0.717, 1.165) is 54.6 Å². The van der Waals surface area contributed by atoms with Crippen LogP contribution in [0.25, 0.3) is 22.3 Å². The number of piperidine rings is 2. The van der Waals surface area contributed by atoms with Gasteiger partial charge in [0.2, 0.25) is 11.8 Å². The van der Waals surface area contributed by atoms with E-state index in [1.807, 2.05) is 60.7 Å². The van der Waals surface area contributed by atoms with Crippen molar-refractivity contribution in [3.8, 4) is 22.8 Å². The maximum Gasteiger partial charge on any atom is 0.262 e. The third-order valence-electron chi connectivity index (χ3n) is 12.1. The first kappa shape index (κ1) is 35.2. The zero-order valence-electron chi connectivity index (χ0n) is 30.8. The van der Waals surface area contributed by atoms with Crippen LogP contribution >= 0.6 is 0 Å². The maximum absolute atomic E-state index is 16.2.